The van der Waals surface area contributed by atoms with Gasteiger partial charge in [-0.05, 0) is 113 Å². The molecule has 8 rings (SSSR count). The summed E-state index contributed by atoms with van der Waals surface area (Å²) in [4.78, 5) is 19.5. The quantitative estimate of drug-likeness (QED) is 0.310. The number of fused-ring (bicyclic) bond motifs is 9. The predicted molar refractivity (Wildman–Crippen MR) is 183 cm³/mol. The van der Waals surface area contributed by atoms with Crippen molar-refractivity contribution in [3.63, 3.8) is 0 Å². The van der Waals surface area contributed by atoms with E-state index in [1.807, 2.05) is 19.1 Å². The van der Waals surface area contributed by atoms with Crippen molar-refractivity contribution < 1.29 is 8.78 Å². The Hall–Kier alpha value is -2.84. The van der Waals surface area contributed by atoms with E-state index < -0.39 is 12.0 Å². The van der Waals surface area contributed by atoms with Crippen LogP contribution in [0.4, 0.5) is 14.6 Å². The molecule has 0 radical (unpaired) electrons. The third kappa shape index (κ3) is 6.12. The van der Waals surface area contributed by atoms with Crippen molar-refractivity contribution in [2.75, 3.05) is 37.6 Å². The molecule has 246 valence electrons. The molecule has 7 heterocycles. The molecule has 3 fully saturated rings. The van der Waals surface area contributed by atoms with Gasteiger partial charge in [-0.25, -0.2) is 18.7 Å². The van der Waals surface area contributed by atoms with Gasteiger partial charge in [0.1, 0.15) is 29.0 Å². The molecular weight excluding hydrogens is 602 g/mol. The highest BCUT2D eigenvalue weighted by molar-refractivity contribution is 6.31. The number of aromatic nitrogens is 3. The van der Waals surface area contributed by atoms with Crippen molar-refractivity contribution in [3.8, 4) is 11.3 Å². The molecule has 0 aliphatic carbocycles. The van der Waals surface area contributed by atoms with Gasteiger partial charge in [-0.3, -0.25) is 9.88 Å². The molecule has 0 spiro atoms. The standard InChI is InChI=1S/C37H47ClF2N6/c1-24-18-28-27(30(38)19-24)9-5-4-8-25(2)41-15-14-36(3)11-6-16-45(23-36)35-29-21-42-33(28)32(40)34(29)43-31(44-35)10-13-37-12-7-17-46(37)22-26(39)20-37/h18-19,21,26,41H,2,4-17,20,22-23H2,1,3H3/t26?,36?,37-/m1/s1. The van der Waals surface area contributed by atoms with Crippen LogP contribution in [0.2, 0.25) is 5.02 Å². The summed E-state index contributed by atoms with van der Waals surface area (Å²) in [6.07, 6.45) is 11.7. The second-order valence-corrected chi connectivity index (χ2v) is 15.2. The second kappa shape index (κ2) is 12.6. The number of hydrogen-bond acceptors (Lipinski definition) is 6. The van der Waals surface area contributed by atoms with Gasteiger partial charge < -0.3 is 10.2 Å². The molecule has 0 saturated carbocycles. The van der Waals surface area contributed by atoms with Gasteiger partial charge in [-0.1, -0.05) is 25.1 Å². The minimum Gasteiger partial charge on any atom is -0.389 e. The highest BCUT2D eigenvalue weighted by Gasteiger charge is 2.48. The molecule has 2 unspecified atom stereocenters. The summed E-state index contributed by atoms with van der Waals surface area (Å²) in [5, 5.41) is 4.88. The van der Waals surface area contributed by atoms with Gasteiger partial charge in [0.25, 0.3) is 0 Å². The molecule has 3 aromatic rings. The van der Waals surface area contributed by atoms with E-state index in [1.165, 1.54) is 0 Å². The second-order valence-electron chi connectivity index (χ2n) is 14.8. The van der Waals surface area contributed by atoms with Gasteiger partial charge in [0.05, 0.1) is 5.39 Å². The fraction of sp³-hybridized carbons (Fsp3) is 0.595. The Bertz CT molecular complexity index is 1650. The Balaban J connectivity index is 1.35. The van der Waals surface area contributed by atoms with Crippen LogP contribution in [0.5, 0.6) is 0 Å². The number of aryl methyl sites for hydroxylation is 2. The maximum Gasteiger partial charge on any atom is 0.175 e. The molecule has 9 heteroatoms. The summed E-state index contributed by atoms with van der Waals surface area (Å²) in [6.45, 7) is 12.7. The lowest BCUT2D eigenvalue weighted by atomic mass is 9.79. The maximum atomic E-state index is 17.0. The summed E-state index contributed by atoms with van der Waals surface area (Å²) >= 11 is 6.83. The SMILES string of the molecule is C=C1CCCCc2c(Cl)cc(C)cc2-c2ncc3c(nc(CC[C@@]45CCCN4CC(F)C5)nc3c2F)N2CCCC(C)(CCN1)C2. The van der Waals surface area contributed by atoms with Crippen LogP contribution in [0.3, 0.4) is 0 Å². The number of piperidine rings is 1. The van der Waals surface area contributed by atoms with Crippen LogP contribution in [0.1, 0.15) is 88.1 Å². The zero-order chi connectivity index (χ0) is 32.1. The van der Waals surface area contributed by atoms with Crippen molar-refractivity contribution in [1.82, 2.24) is 25.2 Å². The number of allylic oxidation sites excluding steroid dienone is 1. The van der Waals surface area contributed by atoms with Crippen LogP contribution >= 0.6 is 11.6 Å². The average Bonchev–Trinajstić information content (AvgIpc) is 3.54. The predicted octanol–water partition coefficient (Wildman–Crippen LogP) is 8.13. The highest BCUT2D eigenvalue weighted by Crippen LogP contribution is 2.44. The summed E-state index contributed by atoms with van der Waals surface area (Å²) in [5.74, 6) is 0.971. The number of anilines is 1. The highest BCUT2D eigenvalue weighted by atomic mass is 35.5. The van der Waals surface area contributed by atoms with Gasteiger partial charge in [0.15, 0.2) is 5.82 Å². The first-order valence-corrected chi connectivity index (χ1v) is 17.7. The number of pyridine rings is 1. The zero-order valence-electron chi connectivity index (χ0n) is 27.4. The molecule has 2 aromatic heterocycles. The number of alkyl halides is 1. The van der Waals surface area contributed by atoms with E-state index in [1.54, 1.807) is 6.20 Å². The molecule has 0 amide bonds. The third-order valence-electron chi connectivity index (χ3n) is 11.2. The number of halogens is 3. The minimum absolute atomic E-state index is 0.0802. The number of nitrogens with zero attached hydrogens (tertiary/aromatic N) is 5. The third-order valence-corrected chi connectivity index (χ3v) is 11.6. The summed E-state index contributed by atoms with van der Waals surface area (Å²) in [6, 6.07) is 3.95. The fourth-order valence-corrected chi connectivity index (χ4v) is 9.16. The van der Waals surface area contributed by atoms with Gasteiger partial charge in [0.2, 0.25) is 0 Å². The molecule has 5 aliphatic rings. The smallest absolute Gasteiger partial charge is 0.175 e. The fourth-order valence-electron chi connectivity index (χ4n) is 8.79. The van der Waals surface area contributed by atoms with Crippen molar-refractivity contribution in [2.24, 2.45) is 5.41 Å². The molecular formula is C37H47ClF2N6. The van der Waals surface area contributed by atoms with Crippen molar-refractivity contribution in [1.29, 1.82) is 0 Å². The van der Waals surface area contributed by atoms with E-state index in [0.29, 0.717) is 41.1 Å². The summed E-state index contributed by atoms with van der Waals surface area (Å²) in [7, 11) is 0. The first-order valence-electron chi connectivity index (χ1n) is 17.3. The molecule has 3 atom stereocenters. The Morgan fingerprint density at radius 1 is 1.09 bits per heavy atom. The van der Waals surface area contributed by atoms with E-state index >= 15 is 4.39 Å². The lowest BCUT2D eigenvalue weighted by molar-refractivity contribution is 0.181. The summed E-state index contributed by atoms with van der Waals surface area (Å²) < 4.78 is 31.5. The normalized spacial score (nSPS) is 27.5. The Morgan fingerprint density at radius 2 is 1.91 bits per heavy atom. The minimum atomic E-state index is -0.784. The number of nitrogens with one attached hydrogen (secondary N) is 1. The molecule has 1 aromatic carbocycles. The average molecular weight is 649 g/mol. The first-order chi connectivity index (χ1) is 22.1. The van der Waals surface area contributed by atoms with Crippen molar-refractivity contribution in [2.45, 2.75) is 103 Å². The van der Waals surface area contributed by atoms with Gasteiger partial charge in [-0.15, -0.1) is 0 Å². The molecule has 6 bridgehead atoms. The zero-order valence-corrected chi connectivity index (χ0v) is 28.2. The van der Waals surface area contributed by atoms with Crippen LogP contribution in [0.25, 0.3) is 22.2 Å². The molecule has 46 heavy (non-hydrogen) atoms. The monoisotopic (exact) mass is 648 g/mol. The Morgan fingerprint density at radius 3 is 2.78 bits per heavy atom. The van der Waals surface area contributed by atoms with E-state index in [4.69, 9.17) is 26.6 Å². The van der Waals surface area contributed by atoms with Gasteiger partial charge in [-0.2, -0.15) is 0 Å². The largest absolute Gasteiger partial charge is 0.389 e. The lowest BCUT2D eigenvalue weighted by Gasteiger charge is -2.41. The number of hydrogen-bond donors (Lipinski definition) is 1. The van der Waals surface area contributed by atoms with Gasteiger partial charge in [0, 0.05) is 60.6 Å². The van der Waals surface area contributed by atoms with Crippen LogP contribution in [0.15, 0.2) is 30.6 Å². The van der Waals surface area contributed by atoms with Crippen LogP contribution in [0, 0.1) is 18.2 Å². The van der Waals surface area contributed by atoms with Gasteiger partial charge >= 0.3 is 0 Å². The van der Waals surface area contributed by atoms with E-state index in [0.717, 1.165) is 119 Å². The van der Waals surface area contributed by atoms with E-state index in [-0.39, 0.29) is 16.6 Å². The van der Waals surface area contributed by atoms with E-state index in [2.05, 4.69) is 28.6 Å². The molecule has 1 N–H and O–H groups in total. The van der Waals surface area contributed by atoms with Crippen LogP contribution in [-0.4, -0.2) is 64.3 Å². The Labute approximate surface area is 277 Å². The topological polar surface area (TPSA) is 57.2 Å². The van der Waals surface area contributed by atoms with E-state index in [9.17, 15) is 4.39 Å². The van der Waals surface area contributed by atoms with Crippen LogP contribution in [-0.2, 0) is 12.8 Å². The van der Waals surface area contributed by atoms with Crippen LogP contribution < -0.4 is 10.2 Å². The molecule has 3 saturated heterocycles. The molecule has 5 aliphatic heterocycles. The maximum absolute atomic E-state index is 17.0. The summed E-state index contributed by atoms with van der Waals surface area (Å²) in [5.41, 5.74) is 4.22. The lowest BCUT2D eigenvalue weighted by Crippen LogP contribution is -2.43. The Kier molecular flexibility index (Phi) is 8.73. The first kappa shape index (κ1) is 31.7. The number of benzene rings is 1. The van der Waals surface area contributed by atoms with Crippen molar-refractivity contribution >= 4 is 28.3 Å². The number of rotatable bonds is 3. The van der Waals surface area contributed by atoms with Crippen molar-refractivity contribution in [3.05, 3.63) is 58.4 Å². The molecule has 6 nitrogen and oxygen atoms in total.